The van der Waals surface area contributed by atoms with Gasteiger partial charge in [0, 0.05) is 32.5 Å². The maximum atomic E-state index is 11.9. The Kier molecular flexibility index (Phi) is 8.18. The summed E-state index contributed by atoms with van der Waals surface area (Å²) < 4.78 is 4.93. The van der Waals surface area contributed by atoms with Gasteiger partial charge >= 0.3 is 0 Å². The van der Waals surface area contributed by atoms with E-state index in [1.165, 1.54) is 5.56 Å². The van der Waals surface area contributed by atoms with E-state index in [2.05, 4.69) is 21.6 Å². The Hall–Kier alpha value is -1.47. The number of amides is 1. The van der Waals surface area contributed by atoms with Gasteiger partial charge in [-0.3, -0.25) is 9.69 Å². The number of likely N-dealkylation sites (tertiary alicyclic amines) is 1. The van der Waals surface area contributed by atoms with Crippen LogP contribution in [0.4, 0.5) is 5.69 Å². The summed E-state index contributed by atoms with van der Waals surface area (Å²) in [5, 5.41) is 15.2. The van der Waals surface area contributed by atoms with Crippen LogP contribution >= 0.6 is 0 Å². The smallest absolute Gasteiger partial charge is 0.238 e. The van der Waals surface area contributed by atoms with E-state index in [9.17, 15) is 9.90 Å². The molecule has 1 aromatic rings. The molecule has 0 aromatic heterocycles. The fraction of sp³-hybridized carbons (Fsp3) is 0.611. The van der Waals surface area contributed by atoms with Gasteiger partial charge in [0.15, 0.2) is 0 Å². The molecule has 3 N–H and O–H groups in total. The summed E-state index contributed by atoms with van der Waals surface area (Å²) in [7, 11) is 1.64. The second-order valence-electron chi connectivity index (χ2n) is 6.32. The van der Waals surface area contributed by atoms with Gasteiger partial charge in [-0.2, -0.15) is 0 Å². The Balaban J connectivity index is 1.77. The van der Waals surface area contributed by atoms with Gasteiger partial charge in [0.1, 0.15) is 0 Å². The van der Waals surface area contributed by atoms with Gasteiger partial charge < -0.3 is 20.5 Å². The number of carbonyl (C=O) groups excluding carboxylic acids is 1. The summed E-state index contributed by atoms with van der Waals surface area (Å²) in [6.45, 7) is 4.75. The monoisotopic (exact) mass is 335 g/mol. The first-order valence-corrected chi connectivity index (χ1v) is 8.63. The van der Waals surface area contributed by atoms with Crippen molar-refractivity contribution in [2.24, 2.45) is 5.92 Å². The van der Waals surface area contributed by atoms with E-state index < -0.39 is 0 Å². The highest BCUT2D eigenvalue weighted by Crippen LogP contribution is 2.19. The third-order valence-electron chi connectivity index (χ3n) is 4.35. The fourth-order valence-corrected chi connectivity index (χ4v) is 2.91. The van der Waals surface area contributed by atoms with E-state index in [1.54, 1.807) is 7.11 Å². The summed E-state index contributed by atoms with van der Waals surface area (Å²) in [6, 6.07) is 8.01. The van der Waals surface area contributed by atoms with Crippen molar-refractivity contribution in [1.29, 1.82) is 0 Å². The number of hydrogen-bond acceptors (Lipinski definition) is 5. The Morgan fingerprint density at radius 3 is 2.88 bits per heavy atom. The van der Waals surface area contributed by atoms with E-state index >= 15 is 0 Å². The van der Waals surface area contributed by atoms with Crippen molar-refractivity contribution in [3.05, 3.63) is 29.8 Å². The van der Waals surface area contributed by atoms with Gasteiger partial charge in [0.2, 0.25) is 5.91 Å². The molecule has 1 aliphatic heterocycles. The molecule has 24 heavy (non-hydrogen) atoms. The minimum atomic E-state index is -0.0491. The second-order valence-corrected chi connectivity index (χ2v) is 6.32. The summed E-state index contributed by atoms with van der Waals surface area (Å²) >= 11 is 0. The Morgan fingerprint density at radius 2 is 2.17 bits per heavy atom. The molecule has 134 valence electrons. The Labute approximate surface area is 144 Å². The largest absolute Gasteiger partial charge is 0.396 e. The quantitative estimate of drug-likeness (QED) is 0.589. The molecule has 6 heteroatoms. The van der Waals surface area contributed by atoms with Crippen molar-refractivity contribution in [1.82, 2.24) is 10.2 Å². The topological polar surface area (TPSA) is 73.8 Å². The standard InChI is InChI=1S/C18H29N3O3/c1-24-10-7-19-12-18(23)20-17-4-2-3-16(11-17)13-21-8-5-15(14-22)6-9-21/h2-4,11,15,19,22H,5-10,12-14H2,1H3,(H,20,23). The number of nitrogens with one attached hydrogen (secondary N) is 2. The number of benzene rings is 1. The summed E-state index contributed by atoms with van der Waals surface area (Å²) in [5.74, 6) is 0.407. The van der Waals surface area contributed by atoms with Crippen molar-refractivity contribution in [3.63, 3.8) is 0 Å². The molecule has 2 rings (SSSR count). The molecule has 0 bridgehead atoms. The average Bonchev–Trinajstić information content (AvgIpc) is 2.60. The van der Waals surface area contributed by atoms with E-state index in [-0.39, 0.29) is 12.5 Å². The van der Waals surface area contributed by atoms with Crippen molar-refractivity contribution in [2.75, 3.05) is 51.8 Å². The van der Waals surface area contributed by atoms with Crippen LogP contribution < -0.4 is 10.6 Å². The predicted octanol–water partition coefficient (Wildman–Crippen LogP) is 1.07. The zero-order chi connectivity index (χ0) is 17.2. The van der Waals surface area contributed by atoms with Crippen LogP contribution in [0.5, 0.6) is 0 Å². The van der Waals surface area contributed by atoms with E-state index in [0.29, 0.717) is 25.7 Å². The fourth-order valence-electron chi connectivity index (χ4n) is 2.91. The predicted molar refractivity (Wildman–Crippen MR) is 94.9 cm³/mol. The van der Waals surface area contributed by atoms with Crippen LogP contribution in [0, 0.1) is 5.92 Å². The van der Waals surface area contributed by atoms with Crippen LogP contribution in [0.3, 0.4) is 0 Å². The molecule has 0 atom stereocenters. The minimum Gasteiger partial charge on any atom is -0.396 e. The molecule has 1 fully saturated rings. The first-order valence-electron chi connectivity index (χ1n) is 8.63. The maximum Gasteiger partial charge on any atom is 0.238 e. The molecule has 0 unspecified atom stereocenters. The molecule has 1 amide bonds. The number of ether oxygens (including phenoxy) is 1. The zero-order valence-corrected chi connectivity index (χ0v) is 14.5. The van der Waals surface area contributed by atoms with Crippen LogP contribution in [0.2, 0.25) is 0 Å². The molecule has 1 aromatic carbocycles. The van der Waals surface area contributed by atoms with Crippen LogP contribution in [-0.4, -0.2) is 62.4 Å². The highest BCUT2D eigenvalue weighted by molar-refractivity contribution is 5.92. The lowest BCUT2D eigenvalue weighted by Crippen LogP contribution is -2.34. The number of hydrogen-bond donors (Lipinski definition) is 3. The highest BCUT2D eigenvalue weighted by atomic mass is 16.5. The molecular weight excluding hydrogens is 306 g/mol. The summed E-state index contributed by atoms with van der Waals surface area (Å²) in [4.78, 5) is 14.3. The van der Waals surface area contributed by atoms with Gasteiger partial charge in [-0.25, -0.2) is 0 Å². The number of nitrogens with zero attached hydrogens (tertiary/aromatic N) is 1. The van der Waals surface area contributed by atoms with E-state index in [0.717, 1.165) is 38.2 Å². The third-order valence-corrected chi connectivity index (χ3v) is 4.35. The Morgan fingerprint density at radius 1 is 1.38 bits per heavy atom. The molecule has 1 saturated heterocycles. The number of piperidine rings is 1. The number of carbonyl (C=O) groups is 1. The van der Waals surface area contributed by atoms with Crippen molar-refractivity contribution in [3.8, 4) is 0 Å². The normalized spacial score (nSPS) is 16.2. The van der Waals surface area contributed by atoms with Crippen molar-refractivity contribution >= 4 is 11.6 Å². The van der Waals surface area contributed by atoms with Crippen LogP contribution in [-0.2, 0) is 16.1 Å². The molecule has 1 aliphatic rings. The maximum absolute atomic E-state index is 11.9. The lowest BCUT2D eigenvalue weighted by Gasteiger charge is -2.31. The number of rotatable bonds is 9. The van der Waals surface area contributed by atoms with E-state index in [1.807, 2.05) is 18.2 Å². The second kappa shape index (κ2) is 10.4. The molecule has 1 heterocycles. The third kappa shape index (κ3) is 6.57. The van der Waals surface area contributed by atoms with Gasteiger partial charge in [-0.05, 0) is 49.5 Å². The van der Waals surface area contributed by atoms with Gasteiger partial charge in [0.05, 0.1) is 13.2 Å². The van der Waals surface area contributed by atoms with Crippen LogP contribution in [0.25, 0.3) is 0 Å². The average molecular weight is 335 g/mol. The molecule has 0 radical (unpaired) electrons. The van der Waals surface area contributed by atoms with Crippen molar-refractivity contribution in [2.45, 2.75) is 19.4 Å². The van der Waals surface area contributed by atoms with Crippen LogP contribution in [0.15, 0.2) is 24.3 Å². The zero-order valence-electron chi connectivity index (χ0n) is 14.5. The lowest BCUT2D eigenvalue weighted by atomic mass is 9.97. The highest BCUT2D eigenvalue weighted by Gasteiger charge is 2.18. The lowest BCUT2D eigenvalue weighted by molar-refractivity contribution is -0.115. The minimum absolute atomic E-state index is 0.0491. The Bertz CT molecular complexity index is 502. The summed E-state index contributed by atoms with van der Waals surface area (Å²) in [6.07, 6.45) is 2.11. The molecule has 0 aliphatic carbocycles. The number of anilines is 1. The van der Waals surface area contributed by atoms with Crippen LogP contribution in [0.1, 0.15) is 18.4 Å². The SMILES string of the molecule is COCCNCC(=O)Nc1cccc(CN2CCC(CO)CC2)c1. The van der Waals surface area contributed by atoms with Gasteiger partial charge in [-0.15, -0.1) is 0 Å². The van der Waals surface area contributed by atoms with Gasteiger partial charge in [0.25, 0.3) is 0 Å². The van der Waals surface area contributed by atoms with Crippen molar-refractivity contribution < 1.29 is 14.6 Å². The van der Waals surface area contributed by atoms with Gasteiger partial charge in [-0.1, -0.05) is 12.1 Å². The number of aliphatic hydroxyl groups is 1. The summed E-state index contributed by atoms with van der Waals surface area (Å²) in [5.41, 5.74) is 2.03. The molecule has 0 saturated carbocycles. The molecule has 6 nitrogen and oxygen atoms in total. The number of methoxy groups -OCH3 is 1. The molecule has 0 spiro atoms. The van der Waals surface area contributed by atoms with E-state index in [4.69, 9.17) is 4.74 Å². The first kappa shape index (κ1) is 18.9. The number of aliphatic hydroxyl groups excluding tert-OH is 1. The molecular formula is C18H29N3O3. The first-order chi connectivity index (χ1) is 11.7.